The quantitative estimate of drug-likeness (QED) is 0.676. The highest BCUT2D eigenvalue weighted by atomic mass is 35.5. The van der Waals surface area contributed by atoms with Gasteiger partial charge in [-0.05, 0) is 30.5 Å². The van der Waals surface area contributed by atoms with Gasteiger partial charge in [-0.2, -0.15) is 0 Å². The van der Waals surface area contributed by atoms with E-state index in [1.54, 1.807) is 23.9 Å². The van der Waals surface area contributed by atoms with Crippen molar-refractivity contribution in [1.29, 1.82) is 0 Å². The molecule has 0 saturated carbocycles. The van der Waals surface area contributed by atoms with Crippen molar-refractivity contribution in [3.05, 3.63) is 46.4 Å². The Labute approximate surface area is 136 Å². The molecule has 2 aromatic carbocycles. The van der Waals surface area contributed by atoms with Crippen molar-refractivity contribution in [1.82, 2.24) is 9.97 Å². The smallest absolute Gasteiger partial charge is 0.162 e. The summed E-state index contributed by atoms with van der Waals surface area (Å²) in [5.74, 6) is 0.921. The van der Waals surface area contributed by atoms with Crippen LogP contribution in [0.4, 0.5) is 5.82 Å². The first kappa shape index (κ1) is 14.4. The molecule has 0 aliphatic rings. The lowest BCUT2D eigenvalue weighted by atomic mass is 10.2. The molecule has 0 bridgehead atoms. The number of aromatic nitrogens is 2. The van der Waals surface area contributed by atoms with Crippen LogP contribution in [0.1, 0.15) is 0 Å². The summed E-state index contributed by atoms with van der Waals surface area (Å²) in [5, 5.41) is 1.64. The fraction of sp³-hybridized carbons (Fsp3) is 0.0667. The van der Waals surface area contributed by atoms with Gasteiger partial charge in [-0.15, -0.1) is 11.8 Å². The Morgan fingerprint density at radius 3 is 2.43 bits per heavy atom. The highest BCUT2D eigenvalue weighted by molar-refractivity contribution is 7.98. The van der Waals surface area contributed by atoms with Crippen LogP contribution < -0.4 is 5.73 Å². The predicted molar refractivity (Wildman–Crippen MR) is 91.2 cm³/mol. The fourth-order valence-corrected chi connectivity index (χ4v) is 2.99. The summed E-state index contributed by atoms with van der Waals surface area (Å²) < 4.78 is 0. The van der Waals surface area contributed by atoms with Gasteiger partial charge in [0.25, 0.3) is 0 Å². The van der Waals surface area contributed by atoms with Gasteiger partial charge in [0.2, 0.25) is 0 Å². The average molecular weight is 336 g/mol. The fourth-order valence-electron chi connectivity index (χ4n) is 2.05. The molecule has 2 N–H and O–H groups in total. The third-order valence-electron chi connectivity index (χ3n) is 3.10. The number of nitrogens with zero attached hydrogens (tertiary/aromatic N) is 2. The van der Waals surface area contributed by atoms with Crippen LogP contribution in [0.25, 0.3) is 22.3 Å². The van der Waals surface area contributed by atoms with Crippen LogP contribution in [-0.2, 0) is 0 Å². The summed E-state index contributed by atoms with van der Waals surface area (Å²) in [5.41, 5.74) is 7.52. The lowest BCUT2D eigenvalue weighted by molar-refractivity contribution is 1.23. The van der Waals surface area contributed by atoms with E-state index in [9.17, 15) is 0 Å². The highest BCUT2D eigenvalue weighted by Gasteiger charge is 2.11. The maximum atomic E-state index is 6.21. The van der Waals surface area contributed by atoms with Gasteiger partial charge in [-0.3, -0.25) is 0 Å². The molecule has 0 fully saturated rings. The van der Waals surface area contributed by atoms with Crippen molar-refractivity contribution < 1.29 is 0 Å². The number of rotatable bonds is 2. The number of halogens is 2. The number of nitrogen functional groups attached to an aromatic ring is 1. The number of benzene rings is 2. The minimum Gasteiger partial charge on any atom is -0.383 e. The van der Waals surface area contributed by atoms with Crippen LogP contribution in [0.2, 0.25) is 10.0 Å². The van der Waals surface area contributed by atoms with Crippen molar-refractivity contribution in [3.8, 4) is 11.4 Å². The Balaban J connectivity index is 2.19. The van der Waals surface area contributed by atoms with Crippen molar-refractivity contribution in [2.45, 2.75) is 4.90 Å². The van der Waals surface area contributed by atoms with E-state index in [2.05, 4.69) is 9.97 Å². The first-order valence-corrected chi connectivity index (χ1v) is 8.13. The number of hydrogen-bond donors (Lipinski definition) is 1. The van der Waals surface area contributed by atoms with Crippen molar-refractivity contribution in [2.75, 3.05) is 12.0 Å². The van der Waals surface area contributed by atoms with E-state index in [-0.39, 0.29) is 0 Å². The zero-order chi connectivity index (χ0) is 15.0. The topological polar surface area (TPSA) is 51.8 Å². The van der Waals surface area contributed by atoms with Crippen LogP contribution >= 0.6 is 35.0 Å². The van der Waals surface area contributed by atoms with Gasteiger partial charge < -0.3 is 5.73 Å². The summed E-state index contributed by atoms with van der Waals surface area (Å²) >= 11 is 13.9. The molecule has 1 aromatic heterocycles. The molecular formula is C15H11Cl2N3S. The van der Waals surface area contributed by atoms with Crippen LogP contribution in [-0.4, -0.2) is 16.2 Å². The van der Waals surface area contributed by atoms with E-state index in [0.29, 0.717) is 32.6 Å². The molecule has 6 heteroatoms. The van der Waals surface area contributed by atoms with Gasteiger partial charge in [0.05, 0.1) is 10.5 Å². The normalized spacial score (nSPS) is 11.0. The summed E-state index contributed by atoms with van der Waals surface area (Å²) in [7, 11) is 0. The standard InChI is InChI=1S/C15H11Cl2N3S/c1-21-10-4-2-8(3-5-10)15-19-13-11(14(18)20-15)6-9(16)7-12(13)17/h2-7H,1H3,(H2,18,19,20). The second-order valence-electron chi connectivity index (χ2n) is 4.44. The van der Waals surface area contributed by atoms with Gasteiger partial charge in [-0.25, -0.2) is 9.97 Å². The molecule has 0 spiro atoms. The van der Waals surface area contributed by atoms with E-state index in [4.69, 9.17) is 28.9 Å². The second-order valence-corrected chi connectivity index (χ2v) is 6.17. The number of nitrogens with two attached hydrogens (primary N) is 1. The van der Waals surface area contributed by atoms with Gasteiger partial charge in [0, 0.05) is 20.9 Å². The van der Waals surface area contributed by atoms with E-state index in [0.717, 1.165) is 5.56 Å². The first-order valence-electron chi connectivity index (χ1n) is 6.15. The molecule has 21 heavy (non-hydrogen) atoms. The molecule has 0 atom stereocenters. The largest absolute Gasteiger partial charge is 0.383 e. The van der Waals surface area contributed by atoms with Crippen LogP contribution in [0.5, 0.6) is 0 Å². The predicted octanol–water partition coefficient (Wildman–Crippen LogP) is 4.91. The minimum absolute atomic E-state index is 0.369. The SMILES string of the molecule is CSc1ccc(-c2nc(N)c3cc(Cl)cc(Cl)c3n2)cc1. The number of hydrogen-bond acceptors (Lipinski definition) is 4. The maximum absolute atomic E-state index is 6.21. The third-order valence-corrected chi connectivity index (χ3v) is 4.35. The Kier molecular flexibility index (Phi) is 3.93. The number of thioether (sulfide) groups is 1. The maximum Gasteiger partial charge on any atom is 0.162 e. The monoisotopic (exact) mass is 335 g/mol. The Morgan fingerprint density at radius 1 is 1.05 bits per heavy atom. The zero-order valence-corrected chi connectivity index (χ0v) is 13.4. The van der Waals surface area contributed by atoms with Crippen LogP contribution in [0.3, 0.4) is 0 Å². The minimum atomic E-state index is 0.369. The molecule has 0 amide bonds. The molecule has 3 nitrogen and oxygen atoms in total. The molecule has 0 aliphatic carbocycles. The molecular weight excluding hydrogens is 325 g/mol. The summed E-state index contributed by atoms with van der Waals surface area (Å²) in [6.45, 7) is 0. The van der Waals surface area contributed by atoms with Crippen LogP contribution in [0, 0.1) is 0 Å². The Bertz CT molecular complexity index is 819. The van der Waals surface area contributed by atoms with Crippen molar-refractivity contribution >= 4 is 51.7 Å². The molecule has 0 aliphatic heterocycles. The molecule has 0 radical (unpaired) electrons. The average Bonchev–Trinajstić information content (AvgIpc) is 2.48. The lowest BCUT2D eigenvalue weighted by Gasteiger charge is -2.08. The number of fused-ring (bicyclic) bond motifs is 1. The lowest BCUT2D eigenvalue weighted by Crippen LogP contribution is -1.98. The molecule has 106 valence electrons. The van der Waals surface area contributed by atoms with E-state index in [1.807, 2.05) is 30.5 Å². The Hall–Kier alpha value is -1.49. The van der Waals surface area contributed by atoms with Crippen molar-refractivity contribution in [3.63, 3.8) is 0 Å². The van der Waals surface area contributed by atoms with Crippen molar-refractivity contribution in [2.24, 2.45) is 0 Å². The van der Waals surface area contributed by atoms with Gasteiger partial charge in [0.1, 0.15) is 5.82 Å². The molecule has 3 rings (SSSR count). The number of anilines is 1. The van der Waals surface area contributed by atoms with E-state index < -0.39 is 0 Å². The third kappa shape index (κ3) is 2.79. The highest BCUT2D eigenvalue weighted by Crippen LogP contribution is 2.31. The van der Waals surface area contributed by atoms with Gasteiger partial charge in [-0.1, -0.05) is 35.3 Å². The first-order chi connectivity index (χ1) is 10.1. The molecule has 0 saturated heterocycles. The van der Waals surface area contributed by atoms with E-state index >= 15 is 0 Å². The van der Waals surface area contributed by atoms with E-state index in [1.165, 1.54) is 4.90 Å². The van der Waals surface area contributed by atoms with Gasteiger partial charge >= 0.3 is 0 Å². The Morgan fingerprint density at radius 2 is 1.76 bits per heavy atom. The molecule has 3 aromatic rings. The summed E-state index contributed by atoms with van der Waals surface area (Å²) in [6.07, 6.45) is 2.03. The van der Waals surface area contributed by atoms with Gasteiger partial charge in [0.15, 0.2) is 5.82 Å². The molecule has 0 unspecified atom stereocenters. The molecule has 1 heterocycles. The second kappa shape index (κ2) is 5.72. The zero-order valence-electron chi connectivity index (χ0n) is 11.1. The van der Waals surface area contributed by atoms with Crippen LogP contribution in [0.15, 0.2) is 41.3 Å². The summed E-state index contributed by atoms with van der Waals surface area (Å²) in [4.78, 5) is 10.0. The summed E-state index contributed by atoms with van der Waals surface area (Å²) in [6, 6.07) is 11.4.